The molecule has 0 aliphatic rings. The van der Waals surface area contributed by atoms with Crippen molar-refractivity contribution >= 4 is 23.7 Å². The van der Waals surface area contributed by atoms with Gasteiger partial charge in [-0.15, -0.1) is 0 Å². The lowest BCUT2D eigenvalue weighted by Gasteiger charge is -2.14. The number of hydrogen-bond donors (Lipinski definition) is 1. The number of nitrogens with one attached hydrogen (secondary N) is 1. The molecule has 0 aliphatic carbocycles. The maximum absolute atomic E-state index is 12.5. The number of rotatable bonds is 7. The smallest absolute Gasteiger partial charge is 0.355 e. The predicted octanol–water partition coefficient (Wildman–Crippen LogP) is 3.54. The Morgan fingerprint density at radius 1 is 1.04 bits per heavy atom. The molecule has 1 amide bonds. The molecule has 1 N–H and O–H groups in total. The maximum Gasteiger partial charge on any atom is 0.355 e. The zero-order chi connectivity index (χ0) is 19.8. The molecule has 0 aliphatic heterocycles. The van der Waals surface area contributed by atoms with Gasteiger partial charge in [-0.05, 0) is 30.5 Å². The number of amides is 1. The Labute approximate surface area is 159 Å². The molecule has 0 bridgehead atoms. The zero-order valence-electron chi connectivity index (χ0n) is 15.7. The van der Waals surface area contributed by atoms with Crippen molar-refractivity contribution in [3.63, 3.8) is 0 Å². The highest BCUT2D eigenvalue weighted by molar-refractivity contribution is 6.03. The van der Waals surface area contributed by atoms with Crippen LogP contribution in [-0.2, 0) is 20.7 Å². The molecule has 140 valence electrons. The first kappa shape index (κ1) is 20.1. The van der Waals surface area contributed by atoms with Crippen molar-refractivity contribution in [3.8, 4) is 0 Å². The number of esters is 1. The van der Waals surface area contributed by atoms with E-state index < -0.39 is 18.0 Å². The summed E-state index contributed by atoms with van der Waals surface area (Å²) in [6, 6.07) is 16.2. The summed E-state index contributed by atoms with van der Waals surface area (Å²) in [5, 5.41) is 2.46. The van der Waals surface area contributed by atoms with E-state index in [1.807, 2.05) is 37.3 Å². The second kappa shape index (κ2) is 9.48. The van der Waals surface area contributed by atoms with Gasteiger partial charge < -0.3 is 10.1 Å². The Morgan fingerprint density at radius 2 is 1.67 bits per heavy atom. The molecule has 1 atom stereocenters. The van der Waals surface area contributed by atoms with Gasteiger partial charge in [0.15, 0.2) is 6.10 Å². The highest BCUT2D eigenvalue weighted by atomic mass is 16.5. The Morgan fingerprint density at radius 3 is 2.22 bits per heavy atom. The van der Waals surface area contributed by atoms with Crippen molar-refractivity contribution in [1.82, 2.24) is 5.32 Å². The van der Waals surface area contributed by atoms with Crippen LogP contribution in [0.1, 0.15) is 42.3 Å². The van der Waals surface area contributed by atoms with Gasteiger partial charge in [0, 0.05) is 12.5 Å². The van der Waals surface area contributed by atoms with Crippen LogP contribution in [0.4, 0.5) is 0 Å². The van der Waals surface area contributed by atoms with Crippen LogP contribution in [0.2, 0.25) is 0 Å². The average molecular weight is 365 g/mol. The first-order valence-electron chi connectivity index (χ1n) is 8.79. The zero-order valence-corrected chi connectivity index (χ0v) is 15.7. The lowest BCUT2D eigenvalue weighted by atomic mass is 10.0. The molecule has 5 nitrogen and oxygen atoms in total. The van der Waals surface area contributed by atoms with E-state index in [0.29, 0.717) is 5.56 Å². The van der Waals surface area contributed by atoms with Gasteiger partial charge in [-0.25, -0.2) is 4.79 Å². The van der Waals surface area contributed by atoms with Gasteiger partial charge in [-0.2, -0.15) is 0 Å². The number of carbonyl (C=O) groups excluding carboxylic acids is 3. The van der Waals surface area contributed by atoms with Crippen LogP contribution in [0.5, 0.6) is 0 Å². The fourth-order valence-electron chi connectivity index (χ4n) is 2.47. The minimum absolute atomic E-state index is 0.0188. The lowest BCUT2D eigenvalue weighted by molar-refractivity contribution is -0.142. The van der Waals surface area contributed by atoms with Gasteiger partial charge in [0.2, 0.25) is 11.7 Å². The third kappa shape index (κ3) is 5.92. The summed E-state index contributed by atoms with van der Waals surface area (Å²) < 4.78 is 5.29. The molecule has 0 spiro atoms. The minimum atomic E-state index is -0.974. The fraction of sp³-hybridized carbons (Fsp3) is 0.227. The Bertz CT molecular complexity index is 838. The molecule has 0 radical (unpaired) electrons. The number of ether oxygens (including phenoxy) is 1. The molecule has 0 heterocycles. The van der Waals surface area contributed by atoms with Crippen LogP contribution in [0, 0.1) is 0 Å². The van der Waals surface area contributed by atoms with Crippen LogP contribution < -0.4 is 5.32 Å². The third-order valence-electron chi connectivity index (χ3n) is 3.94. The SMILES string of the molecule is CCc1ccc(C(=O)[C@@H](C)OC(=O)/C(=C/c2ccccc2)NC(C)=O)cc1. The number of hydrogen-bond acceptors (Lipinski definition) is 4. The number of benzene rings is 2. The first-order valence-corrected chi connectivity index (χ1v) is 8.79. The van der Waals surface area contributed by atoms with Crippen LogP contribution >= 0.6 is 0 Å². The van der Waals surface area contributed by atoms with Gasteiger partial charge in [0.1, 0.15) is 5.70 Å². The fourth-order valence-corrected chi connectivity index (χ4v) is 2.47. The van der Waals surface area contributed by atoms with E-state index in [1.165, 1.54) is 19.9 Å². The number of Topliss-reactive ketones (excluding diaryl/α,β-unsaturated/α-hetero) is 1. The summed E-state index contributed by atoms with van der Waals surface area (Å²) in [5.41, 5.74) is 2.30. The second-order valence-electron chi connectivity index (χ2n) is 6.11. The Balaban J connectivity index is 2.14. The molecule has 0 unspecified atom stereocenters. The van der Waals surface area contributed by atoms with Crippen LogP contribution in [0.3, 0.4) is 0 Å². The quantitative estimate of drug-likeness (QED) is 0.463. The van der Waals surface area contributed by atoms with E-state index in [2.05, 4.69) is 5.32 Å². The molecule has 2 aromatic rings. The summed E-state index contributed by atoms with van der Waals surface area (Å²) in [4.78, 5) is 36.4. The predicted molar refractivity (Wildman–Crippen MR) is 104 cm³/mol. The molecular formula is C22H23NO4. The van der Waals surface area contributed by atoms with Gasteiger partial charge >= 0.3 is 5.97 Å². The van der Waals surface area contributed by atoms with E-state index in [9.17, 15) is 14.4 Å². The summed E-state index contributed by atoms with van der Waals surface area (Å²) >= 11 is 0. The lowest BCUT2D eigenvalue weighted by Crippen LogP contribution is -2.31. The van der Waals surface area contributed by atoms with Crippen molar-refractivity contribution in [2.45, 2.75) is 33.3 Å². The largest absolute Gasteiger partial charge is 0.450 e. The number of aryl methyl sites for hydroxylation is 1. The normalized spacial score (nSPS) is 12.2. The van der Waals surface area contributed by atoms with Gasteiger partial charge in [-0.3, -0.25) is 9.59 Å². The summed E-state index contributed by atoms with van der Waals surface area (Å²) in [6.07, 6.45) is 1.42. The third-order valence-corrected chi connectivity index (χ3v) is 3.94. The molecule has 27 heavy (non-hydrogen) atoms. The van der Waals surface area contributed by atoms with E-state index >= 15 is 0 Å². The van der Waals surface area contributed by atoms with Crippen molar-refractivity contribution in [2.75, 3.05) is 0 Å². The Kier molecular flexibility index (Phi) is 7.06. The maximum atomic E-state index is 12.5. The summed E-state index contributed by atoms with van der Waals surface area (Å²) in [6.45, 7) is 4.85. The van der Waals surface area contributed by atoms with Gasteiger partial charge in [0.05, 0.1) is 0 Å². The minimum Gasteiger partial charge on any atom is -0.450 e. The number of carbonyl (C=O) groups is 3. The Hall–Kier alpha value is -3.21. The van der Waals surface area contributed by atoms with Crippen LogP contribution in [-0.4, -0.2) is 23.8 Å². The molecule has 0 saturated heterocycles. The molecule has 0 aromatic heterocycles. The monoisotopic (exact) mass is 365 g/mol. The van der Waals surface area contributed by atoms with Crippen LogP contribution in [0.25, 0.3) is 6.08 Å². The molecule has 0 saturated carbocycles. The first-order chi connectivity index (χ1) is 12.9. The van der Waals surface area contributed by atoms with Crippen LogP contribution in [0.15, 0.2) is 60.3 Å². The molecule has 2 rings (SSSR count). The summed E-state index contributed by atoms with van der Waals surface area (Å²) in [5.74, 6) is -1.46. The second-order valence-corrected chi connectivity index (χ2v) is 6.11. The van der Waals surface area contributed by atoms with E-state index in [-0.39, 0.29) is 11.5 Å². The van der Waals surface area contributed by atoms with Crippen molar-refractivity contribution < 1.29 is 19.1 Å². The highest BCUT2D eigenvalue weighted by Gasteiger charge is 2.22. The summed E-state index contributed by atoms with van der Waals surface area (Å²) in [7, 11) is 0. The van der Waals surface area contributed by atoms with E-state index in [4.69, 9.17) is 4.74 Å². The van der Waals surface area contributed by atoms with E-state index in [0.717, 1.165) is 17.5 Å². The van der Waals surface area contributed by atoms with Gasteiger partial charge in [0.25, 0.3) is 0 Å². The van der Waals surface area contributed by atoms with Crippen molar-refractivity contribution in [1.29, 1.82) is 0 Å². The van der Waals surface area contributed by atoms with Gasteiger partial charge in [-0.1, -0.05) is 61.5 Å². The van der Waals surface area contributed by atoms with E-state index in [1.54, 1.807) is 24.3 Å². The van der Waals surface area contributed by atoms with Crippen molar-refractivity contribution in [3.05, 3.63) is 77.0 Å². The van der Waals surface area contributed by atoms with Crippen molar-refractivity contribution in [2.24, 2.45) is 0 Å². The standard InChI is InChI=1S/C22H23NO4/c1-4-17-10-12-19(13-11-17)21(25)15(2)27-22(26)20(23-16(3)24)14-18-8-6-5-7-9-18/h5-15H,4H2,1-3H3,(H,23,24)/b20-14-/t15-/m1/s1. The highest BCUT2D eigenvalue weighted by Crippen LogP contribution is 2.12. The molecule has 0 fully saturated rings. The molecule has 5 heteroatoms. The number of ketones is 1. The average Bonchev–Trinajstić information content (AvgIpc) is 2.67. The molecule has 2 aromatic carbocycles. The molecular weight excluding hydrogens is 342 g/mol. The topological polar surface area (TPSA) is 72.5 Å².